The summed E-state index contributed by atoms with van der Waals surface area (Å²) in [6, 6.07) is 1.63. The van der Waals surface area contributed by atoms with Crippen molar-refractivity contribution < 1.29 is 17.9 Å². The van der Waals surface area contributed by atoms with E-state index < -0.39 is 18.3 Å². The maximum atomic E-state index is 13.4. The van der Waals surface area contributed by atoms with E-state index >= 15 is 0 Å². The fourth-order valence-electron chi connectivity index (χ4n) is 2.10. The number of hydrogen-bond acceptors (Lipinski definition) is 3. The molecule has 0 aromatic carbocycles. The monoisotopic (exact) mass is 333 g/mol. The summed E-state index contributed by atoms with van der Waals surface area (Å²) >= 11 is 5.97. The highest BCUT2D eigenvalue weighted by Gasteiger charge is 2.29. The van der Waals surface area contributed by atoms with Crippen LogP contribution < -0.4 is 4.74 Å². The van der Waals surface area contributed by atoms with Crippen molar-refractivity contribution in [3.63, 3.8) is 0 Å². The number of aryl methyl sites for hydroxylation is 3. The molecule has 4 nitrogen and oxygen atoms in total. The van der Waals surface area contributed by atoms with Crippen LogP contribution in [0.15, 0.2) is 6.07 Å². The summed E-state index contributed by atoms with van der Waals surface area (Å²) in [4.78, 5) is 4.23. The van der Waals surface area contributed by atoms with Gasteiger partial charge in [0.05, 0.1) is 16.4 Å². The van der Waals surface area contributed by atoms with Crippen LogP contribution in [0.1, 0.15) is 30.2 Å². The van der Waals surface area contributed by atoms with Crippen molar-refractivity contribution in [2.24, 2.45) is 7.05 Å². The number of rotatable bonds is 4. The summed E-state index contributed by atoms with van der Waals surface area (Å²) < 4.78 is 45.9. The third-order valence-corrected chi connectivity index (χ3v) is 3.47. The first-order chi connectivity index (χ1) is 10.2. The van der Waals surface area contributed by atoms with E-state index in [1.165, 1.54) is 7.05 Å². The highest BCUT2D eigenvalue weighted by molar-refractivity contribution is 6.31. The van der Waals surface area contributed by atoms with Gasteiger partial charge in [0.2, 0.25) is 12.2 Å². The Morgan fingerprint density at radius 2 is 1.86 bits per heavy atom. The Hall–Kier alpha value is -1.76. The number of ether oxygens (including phenoxy) is 1. The second kappa shape index (κ2) is 6.16. The number of nitrogens with zero attached hydrogens (tertiary/aromatic N) is 3. The SMILES string of the molecule is Cc1cc(Cl)c(C)nc1-c1nn(C)c(OC(C)F)c1C(F)F. The standard InChI is InChI=1S/C14H15ClF3N3O/c1-6-5-9(15)7(2)19-11(6)12-10(13(17)18)14(21(4)20-12)22-8(3)16/h5,8,13H,1-4H3. The molecule has 2 rings (SSSR count). The van der Waals surface area contributed by atoms with Gasteiger partial charge in [-0.05, 0) is 25.5 Å². The van der Waals surface area contributed by atoms with Crippen molar-refractivity contribution in [3.8, 4) is 17.3 Å². The van der Waals surface area contributed by atoms with E-state index in [0.717, 1.165) is 11.6 Å². The minimum Gasteiger partial charge on any atom is -0.443 e. The number of hydrogen-bond donors (Lipinski definition) is 0. The molecule has 2 heterocycles. The molecule has 0 aliphatic carbocycles. The lowest BCUT2D eigenvalue weighted by atomic mass is 10.1. The fraction of sp³-hybridized carbons (Fsp3) is 0.429. The van der Waals surface area contributed by atoms with Crippen LogP contribution in [0.3, 0.4) is 0 Å². The molecule has 2 aromatic heterocycles. The van der Waals surface area contributed by atoms with Gasteiger partial charge in [-0.2, -0.15) is 5.10 Å². The van der Waals surface area contributed by atoms with Crippen molar-refractivity contribution in [1.82, 2.24) is 14.8 Å². The van der Waals surface area contributed by atoms with Gasteiger partial charge in [0, 0.05) is 14.0 Å². The van der Waals surface area contributed by atoms with E-state index in [-0.39, 0.29) is 17.3 Å². The fourth-order valence-corrected chi connectivity index (χ4v) is 2.31. The van der Waals surface area contributed by atoms with Gasteiger partial charge in [0.15, 0.2) is 0 Å². The average Bonchev–Trinajstić information content (AvgIpc) is 2.70. The molecule has 22 heavy (non-hydrogen) atoms. The van der Waals surface area contributed by atoms with Crippen molar-refractivity contribution in [2.45, 2.75) is 33.6 Å². The van der Waals surface area contributed by atoms with Crippen LogP contribution in [0.25, 0.3) is 11.4 Å². The summed E-state index contributed by atoms with van der Waals surface area (Å²) in [5, 5.41) is 4.46. The van der Waals surface area contributed by atoms with E-state index in [2.05, 4.69) is 10.1 Å². The van der Waals surface area contributed by atoms with Gasteiger partial charge < -0.3 is 4.74 Å². The van der Waals surface area contributed by atoms with Gasteiger partial charge in [-0.25, -0.2) is 22.8 Å². The van der Waals surface area contributed by atoms with Gasteiger partial charge in [-0.1, -0.05) is 11.6 Å². The topological polar surface area (TPSA) is 39.9 Å². The molecule has 120 valence electrons. The van der Waals surface area contributed by atoms with Crippen molar-refractivity contribution in [3.05, 3.63) is 27.9 Å². The van der Waals surface area contributed by atoms with E-state index in [0.29, 0.717) is 16.3 Å². The van der Waals surface area contributed by atoms with Crippen LogP contribution in [0, 0.1) is 13.8 Å². The van der Waals surface area contributed by atoms with E-state index in [1.54, 1.807) is 19.9 Å². The number of pyridine rings is 1. The normalized spacial score (nSPS) is 12.8. The highest BCUT2D eigenvalue weighted by atomic mass is 35.5. The van der Waals surface area contributed by atoms with Gasteiger partial charge in [-0.3, -0.25) is 0 Å². The summed E-state index contributed by atoms with van der Waals surface area (Å²) in [6.45, 7) is 4.46. The Kier molecular flexibility index (Phi) is 4.65. The van der Waals surface area contributed by atoms with Crippen LogP contribution in [0.4, 0.5) is 13.2 Å². The molecule has 0 spiro atoms. The second-order valence-corrected chi connectivity index (χ2v) is 5.28. The van der Waals surface area contributed by atoms with E-state index in [9.17, 15) is 13.2 Å². The molecule has 1 unspecified atom stereocenters. The molecule has 0 saturated carbocycles. The number of halogens is 4. The van der Waals surface area contributed by atoms with Crippen molar-refractivity contribution in [2.75, 3.05) is 0 Å². The first-order valence-electron chi connectivity index (χ1n) is 6.52. The third kappa shape index (κ3) is 3.04. The maximum Gasteiger partial charge on any atom is 0.271 e. The summed E-state index contributed by atoms with van der Waals surface area (Å²) in [5.41, 5.74) is 0.841. The van der Waals surface area contributed by atoms with Crippen LogP contribution >= 0.6 is 11.6 Å². The smallest absolute Gasteiger partial charge is 0.271 e. The second-order valence-electron chi connectivity index (χ2n) is 4.87. The van der Waals surface area contributed by atoms with E-state index in [4.69, 9.17) is 16.3 Å². The van der Waals surface area contributed by atoms with Crippen LogP contribution in [-0.4, -0.2) is 21.1 Å². The first kappa shape index (κ1) is 16.6. The molecular weight excluding hydrogens is 319 g/mol. The molecule has 0 amide bonds. The van der Waals surface area contributed by atoms with Crippen molar-refractivity contribution >= 4 is 11.6 Å². The average molecular weight is 334 g/mol. The third-order valence-electron chi connectivity index (χ3n) is 3.09. The van der Waals surface area contributed by atoms with Crippen LogP contribution in [0.2, 0.25) is 5.02 Å². The Morgan fingerprint density at radius 3 is 2.41 bits per heavy atom. The lowest BCUT2D eigenvalue weighted by Gasteiger charge is -2.10. The Balaban J connectivity index is 2.68. The summed E-state index contributed by atoms with van der Waals surface area (Å²) in [7, 11) is 1.41. The molecule has 8 heteroatoms. The zero-order chi connectivity index (χ0) is 16.6. The number of alkyl halides is 3. The Morgan fingerprint density at radius 1 is 1.23 bits per heavy atom. The molecule has 0 saturated heterocycles. The maximum absolute atomic E-state index is 13.4. The zero-order valence-electron chi connectivity index (χ0n) is 12.5. The van der Waals surface area contributed by atoms with Gasteiger partial charge in [0.25, 0.3) is 6.43 Å². The lowest BCUT2D eigenvalue weighted by Crippen LogP contribution is -2.09. The van der Waals surface area contributed by atoms with Crippen LogP contribution in [0.5, 0.6) is 5.88 Å². The molecule has 0 bridgehead atoms. The summed E-state index contributed by atoms with van der Waals surface area (Å²) in [5.74, 6) is -0.311. The molecule has 0 fully saturated rings. The largest absolute Gasteiger partial charge is 0.443 e. The van der Waals surface area contributed by atoms with Crippen molar-refractivity contribution in [1.29, 1.82) is 0 Å². The predicted molar refractivity (Wildman–Crippen MR) is 77.1 cm³/mol. The molecule has 1 atom stereocenters. The molecule has 0 N–H and O–H groups in total. The highest BCUT2D eigenvalue weighted by Crippen LogP contribution is 2.38. The Bertz CT molecular complexity index is 701. The quantitative estimate of drug-likeness (QED) is 0.833. The minimum absolute atomic E-state index is 0.0367. The first-order valence-corrected chi connectivity index (χ1v) is 6.90. The lowest BCUT2D eigenvalue weighted by molar-refractivity contribution is 0.0679. The van der Waals surface area contributed by atoms with Crippen LogP contribution in [-0.2, 0) is 7.05 Å². The van der Waals surface area contributed by atoms with E-state index in [1.807, 2.05) is 0 Å². The van der Waals surface area contributed by atoms with Gasteiger partial charge in [0.1, 0.15) is 11.3 Å². The molecule has 0 aliphatic rings. The molecule has 0 radical (unpaired) electrons. The zero-order valence-corrected chi connectivity index (χ0v) is 13.2. The Labute approximate surface area is 130 Å². The minimum atomic E-state index is -2.88. The molecule has 2 aromatic rings. The summed E-state index contributed by atoms with van der Waals surface area (Å²) in [6.07, 6.45) is -4.61. The van der Waals surface area contributed by atoms with Gasteiger partial charge in [-0.15, -0.1) is 0 Å². The molecule has 0 aliphatic heterocycles. The van der Waals surface area contributed by atoms with Gasteiger partial charge >= 0.3 is 0 Å². The molecular formula is C14H15ClF3N3O. The number of aromatic nitrogens is 3. The predicted octanol–water partition coefficient (Wildman–Crippen LogP) is 4.38.